The molecule has 1 aromatic rings. The van der Waals surface area contributed by atoms with Crippen molar-refractivity contribution in [3.8, 4) is 5.75 Å². The Morgan fingerprint density at radius 1 is 1.28 bits per heavy atom. The zero-order chi connectivity index (χ0) is 12.5. The lowest BCUT2D eigenvalue weighted by molar-refractivity contribution is 0.0475. The van der Waals surface area contributed by atoms with E-state index in [9.17, 15) is 5.11 Å². The maximum atomic E-state index is 10.4. The van der Waals surface area contributed by atoms with Crippen molar-refractivity contribution in [2.75, 3.05) is 20.2 Å². The molecule has 0 radical (unpaired) electrons. The molecule has 0 saturated carbocycles. The maximum absolute atomic E-state index is 10.4. The molecule has 2 atom stereocenters. The van der Waals surface area contributed by atoms with E-state index >= 15 is 0 Å². The third kappa shape index (κ3) is 1.91. The summed E-state index contributed by atoms with van der Waals surface area (Å²) in [5, 5.41) is 10.4. The molecule has 0 aromatic heterocycles. The largest absolute Gasteiger partial charge is 0.496 e. The van der Waals surface area contributed by atoms with Crippen LogP contribution in [0.25, 0.3) is 0 Å². The molecule has 1 saturated heterocycles. The molecule has 0 unspecified atom stereocenters. The Morgan fingerprint density at radius 3 is 2.78 bits per heavy atom. The molecule has 3 heteroatoms. The number of nitrogens with zero attached hydrogens (tertiary/aromatic N) is 1. The summed E-state index contributed by atoms with van der Waals surface area (Å²) in [6.45, 7) is 2.22. The van der Waals surface area contributed by atoms with Crippen molar-refractivity contribution in [2.24, 2.45) is 0 Å². The summed E-state index contributed by atoms with van der Waals surface area (Å²) in [6, 6.07) is 6.39. The van der Waals surface area contributed by atoms with E-state index in [2.05, 4.69) is 11.0 Å². The normalized spacial score (nSPS) is 28.1. The van der Waals surface area contributed by atoms with Gasteiger partial charge in [0.2, 0.25) is 0 Å². The molecule has 1 aliphatic heterocycles. The van der Waals surface area contributed by atoms with Crippen LogP contribution < -0.4 is 4.74 Å². The SMILES string of the molecule is COc1cccc2c1CC[C@@H](O)[C@@H]2N1CCCC1. The fourth-order valence-electron chi connectivity index (χ4n) is 3.44. The number of hydrogen-bond donors (Lipinski definition) is 1. The fourth-order valence-corrected chi connectivity index (χ4v) is 3.44. The van der Waals surface area contributed by atoms with E-state index in [4.69, 9.17) is 4.74 Å². The maximum Gasteiger partial charge on any atom is 0.122 e. The number of aliphatic hydroxyl groups is 1. The third-order valence-electron chi connectivity index (χ3n) is 4.30. The molecule has 1 aromatic carbocycles. The van der Waals surface area contributed by atoms with Crippen LogP contribution >= 0.6 is 0 Å². The summed E-state index contributed by atoms with van der Waals surface area (Å²) in [5.74, 6) is 0.976. The number of rotatable bonds is 2. The van der Waals surface area contributed by atoms with E-state index in [0.29, 0.717) is 0 Å². The molecule has 0 spiro atoms. The Labute approximate surface area is 108 Å². The first-order valence-corrected chi connectivity index (χ1v) is 6.89. The van der Waals surface area contributed by atoms with Gasteiger partial charge in [-0.1, -0.05) is 12.1 Å². The summed E-state index contributed by atoms with van der Waals surface area (Å²) in [5.41, 5.74) is 2.57. The van der Waals surface area contributed by atoms with Crippen LogP contribution in [0, 0.1) is 0 Å². The second kappa shape index (κ2) is 4.90. The second-order valence-corrected chi connectivity index (χ2v) is 5.32. The number of likely N-dealkylation sites (tertiary alicyclic amines) is 1. The number of methoxy groups -OCH3 is 1. The molecule has 3 rings (SSSR count). The first kappa shape index (κ1) is 12.0. The number of aliphatic hydroxyl groups excluding tert-OH is 1. The molecule has 1 N–H and O–H groups in total. The van der Waals surface area contributed by atoms with Crippen molar-refractivity contribution in [1.29, 1.82) is 0 Å². The average molecular weight is 247 g/mol. The molecule has 18 heavy (non-hydrogen) atoms. The van der Waals surface area contributed by atoms with E-state index in [-0.39, 0.29) is 12.1 Å². The zero-order valence-electron chi connectivity index (χ0n) is 10.9. The minimum absolute atomic E-state index is 0.173. The first-order chi connectivity index (χ1) is 8.81. The molecule has 98 valence electrons. The molecule has 0 amide bonds. The smallest absolute Gasteiger partial charge is 0.122 e. The van der Waals surface area contributed by atoms with Gasteiger partial charge in [-0.3, -0.25) is 4.90 Å². The van der Waals surface area contributed by atoms with Gasteiger partial charge >= 0.3 is 0 Å². The highest BCUT2D eigenvalue weighted by molar-refractivity contribution is 5.44. The molecule has 0 bridgehead atoms. The predicted octanol–water partition coefficient (Wildman–Crippen LogP) is 2.14. The van der Waals surface area contributed by atoms with Crippen molar-refractivity contribution in [3.05, 3.63) is 29.3 Å². The van der Waals surface area contributed by atoms with Crippen LogP contribution in [0.5, 0.6) is 5.75 Å². The number of benzene rings is 1. The molecule has 1 fully saturated rings. The molecule has 3 nitrogen and oxygen atoms in total. The molecular weight excluding hydrogens is 226 g/mol. The van der Waals surface area contributed by atoms with Gasteiger partial charge in [0.15, 0.2) is 0 Å². The van der Waals surface area contributed by atoms with E-state index in [0.717, 1.165) is 31.7 Å². The fraction of sp³-hybridized carbons (Fsp3) is 0.600. The molecular formula is C15H21NO2. The van der Waals surface area contributed by atoms with Gasteiger partial charge in [0.05, 0.1) is 19.3 Å². The van der Waals surface area contributed by atoms with Gasteiger partial charge < -0.3 is 9.84 Å². The van der Waals surface area contributed by atoms with Crippen LogP contribution in [0.2, 0.25) is 0 Å². The molecule has 1 aliphatic carbocycles. The van der Waals surface area contributed by atoms with Crippen molar-refractivity contribution >= 4 is 0 Å². The Morgan fingerprint density at radius 2 is 2.06 bits per heavy atom. The summed E-state index contributed by atoms with van der Waals surface area (Å²) in [6.07, 6.45) is 4.03. The van der Waals surface area contributed by atoms with Gasteiger partial charge in [-0.2, -0.15) is 0 Å². The predicted molar refractivity (Wildman–Crippen MR) is 70.9 cm³/mol. The van der Waals surface area contributed by atoms with Gasteiger partial charge in [0, 0.05) is 0 Å². The summed E-state index contributed by atoms with van der Waals surface area (Å²) < 4.78 is 5.46. The highest BCUT2D eigenvalue weighted by atomic mass is 16.5. The molecule has 2 aliphatic rings. The Hall–Kier alpha value is -1.06. The standard InChI is InChI=1S/C15H21NO2/c1-18-14-6-4-5-12-11(14)7-8-13(17)15(12)16-9-2-3-10-16/h4-6,13,15,17H,2-3,7-10H2,1H3/t13-,15-/m1/s1. The summed E-state index contributed by atoms with van der Waals surface area (Å²) >= 11 is 0. The first-order valence-electron chi connectivity index (χ1n) is 6.89. The lowest BCUT2D eigenvalue weighted by Crippen LogP contribution is -2.38. The van der Waals surface area contributed by atoms with Crippen LogP contribution in [0.1, 0.15) is 36.4 Å². The van der Waals surface area contributed by atoms with Crippen LogP contribution in [-0.4, -0.2) is 36.3 Å². The van der Waals surface area contributed by atoms with E-state index in [1.165, 1.54) is 24.0 Å². The lowest BCUT2D eigenvalue weighted by Gasteiger charge is -2.37. The van der Waals surface area contributed by atoms with Gasteiger partial charge in [-0.15, -0.1) is 0 Å². The van der Waals surface area contributed by atoms with Crippen molar-refractivity contribution in [2.45, 2.75) is 37.8 Å². The van der Waals surface area contributed by atoms with Crippen LogP contribution in [-0.2, 0) is 6.42 Å². The number of ether oxygens (including phenoxy) is 1. The van der Waals surface area contributed by atoms with Crippen LogP contribution in [0.3, 0.4) is 0 Å². The summed E-state index contributed by atoms with van der Waals surface area (Å²) in [4.78, 5) is 2.43. The van der Waals surface area contributed by atoms with Crippen molar-refractivity contribution < 1.29 is 9.84 Å². The highest BCUT2D eigenvalue weighted by Crippen LogP contribution is 2.39. The van der Waals surface area contributed by atoms with Crippen LogP contribution in [0.4, 0.5) is 0 Å². The summed E-state index contributed by atoms with van der Waals surface area (Å²) in [7, 11) is 1.73. The number of fused-ring (bicyclic) bond motifs is 1. The van der Waals surface area contributed by atoms with E-state index < -0.39 is 0 Å². The quantitative estimate of drug-likeness (QED) is 0.869. The molecule has 1 heterocycles. The zero-order valence-corrected chi connectivity index (χ0v) is 10.9. The monoisotopic (exact) mass is 247 g/mol. The lowest BCUT2D eigenvalue weighted by atomic mass is 9.84. The Bertz CT molecular complexity index is 427. The minimum atomic E-state index is -0.234. The van der Waals surface area contributed by atoms with Crippen molar-refractivity contribution in [3.63, 3.8) is 0 Å². The van der Waals surface area contributed by atoms with Gasteiger partial charge in [0.25, 0.3) is 0 Å². The average Bonchev–Trinajstić information content (AvgIpc) is 2.91. The van der Waals surface area contributed by atoms with E-state index in [1.54, 1.807) is 7.11 Å². The van der Waals surface area contributed by atoms with Gasteiger partial charge in [-0.25, -0.2) is 0 Å². The third-order valence-corrected chi connectivity index (χ3v) is 4.30. The topological polar surface area (TPSA) is 32.7 Å². The van der Waals surface area contributed by atoms with Crippen LogP contribution in [0.15, 0.2) is 18.2 Å². The minimum Gasteiger partial charge on any atom is -0.496 e. The van der Waals surface area contributed by atoms with Gasteiger partial charge in [-0.05, 0) is 56.0 Å². The Balaban J connectivity index is 2.00. The Kier molecular flexibility index (Phi) is 3.27. The highest BCUT2D eigenvalue weighted by Gasteiger charge is 2.35. The second-order valence-electron chi connectivity index (χ2n) is 5.32. The van der Waals surface area contributed by atoms with Gasteiger partial charge in [0.1, 0.15) is 5.75 Å². The van der Waals surface area contributed by atoms with E-state index in [1.807, 2.05) is 12.1 Å². The van der Waals surface area contributed by atoms with Crippen molar-refractivity contribution in [1.82, 2.24) is 4.90 Å². The number of hydrogen-bond acceptors (Lipinski definition) is 3.